The second-order valence-corrected chi connectivity index (χ2v) is 7.76. The molecule has 140 valence electrons. The van der Waals surface area contributed by atoms with Gasteiger partial charge in [-0.2, -0.15) is 8.42 Å². The molecule has 0 spiro atoms. The quantitative estimate of drug-likeness (QED) is 0.575. The molecule has 0 fully saturated rings. The van der Waals surface area contributed by atoms with E-state index in [0.717, 1.165) is 16.7 Å². The molecule has 8 heteroatoms. The van der Waals surface area contributed by atoms with E-state index in [-0.39, 0.29) is 4.90 Å². The number of urea groups is 1. The van der Waals surface area contributed by atoms with E-state index in [1.54, 1.807) is 13.0 Å². The predicted molar refractivity (Wildman–Crippen MR) is 103 cm³/mol. The van der Waals surface area contributed by atoms with Crippen LogP contribution in [0.4, 0.5) is 10.5 Å². The second-order valence-electron chi connectivity index (χ2n) is 5.83. The van der Waals surface area contributed by atoms with Gasteiger partial charge < -0.3 is 14.8 Å². The van der Waals surface area contributed by atoms with Gasteiger partial charge in [0.05, 0.1) is 0 Å². The van der Waals surface area contributed by atoms with Crippen LogP contribution in [-0.2, 0) is 10.1 Å². The fourth-order valence-corrected chi connectivity index (χ4v) is 3.31. The first-order valence-electron chi connectivity index (χ1n) is 7.96. The van der Waals surface area contributed by atoms with Crippen molar-refractivity contribution in [3.05, 3.63) is 53.1 Å². The van der Waals surface area contributed by atoms with Gasteiger partial charge in [-0.25, -0.2) is 4.79 Å². The third kappa shape index (κ3) is 5.12. The van der Waals surface area contributed by atoms with Crippen molar-refractivity contribution in [2.75, 3.05) is 17.7 Å². The molecular weight excluding hydrogens is 376 g/mol. The molecule has 0 saturated heterocycles. The summed E-state index contributed by atoms with van der Waals surface area (Å²) >= 11 is 5.49. The Bertz CT molecular complexity index is 896. The molecule has 0 saturated carbocycles. The molecule has 0 aliphatic rings. The Balaban J connectivity index is 2.14. The summed E-state index contributed by atoms with van der Waals surface area (Å²) in [7, 11) is -3.97. The zero-order chi connectivity index (χ0) is 19.3. The van der Waals surface area contributed by atoms with Gasteiger partial charge in [-0.05, 0) is 67.8 Å². The van der Waals surface area contributed by atoms with E-state index < -0.39 is 16.1 Å². The summed E-state index contributed by atoms with van der Waals surface area (Å²) in [4.78, 5) is 11.6. The highest BCUT2D eigenvalue weighted by Crippen LogP contribution is 2.26. The highest BCUT2D eigenvalue weighted by Gasteiger charge is 2.18. The van der Waals surface area contributed by atoms with Crippen LogP contribution in [-0.4, -0.2) is 26.9 Å². The fraction of sp³-hybridized carbons (Fsp3) is 0.278. The van der Waals surface area contributed by atoms with Crippen molar-refractivity contribution < 1.29 is 17.4 Å². The number of hydrogen-bond donors (Lipinski definition) is 2. The molecule has 2 aromatic carbocycles. The van der Waals surface area contributed by atoms with Crippen LogP contribution in [0.5, 0.6) is 5.75 Å². The first-order valence-corrected chi connectivity index (χ1v) is 9.90. The first kappa shape index (κ1) is 20.1. The van der Waals surface area contributed by atoms with Gasteiger partial charge in [-0.1, -0.05) is 6.07 Å². The number of nitrogens with one attached hydrogen (secondary N) is 2. The summed E-state index contributed by atoms with van der Waals surface area (Å²) in [6.45, 7) is 5.98. The van der Waals surface area contributed by atoms with Crippen LogP contribution < -0.4 is 14.8 Å². The lowest BCUT2D eigenvalue weighted by Crippen LogP contribution is -2.30. The molecule has 26 heavy (non-hydrogen) atoms. The summed E-state index contributed by atoms with van der Waals surface area (Å²) in [5.74, 6) is 0.607. The van der Waals surface area contributed by atoms with Gasteiger partial charge in [0.2, 0.25) is 0 Å². The maximum atomic E-state index is 12.5. The lowest BCUT2D eigenvalue weighted by Gasteiger charge is -2.12. The smallest absolute Gasteiger partial charge is 0.339 e. The van der Waals surface area contributed by atoms with E-state index in [1.165, 1.54) is 24.3 Å². The fourth-order valence-electron chi connectivity index (χ4n) is 2.23. The number of halogens is 1. The molecule has 6 nitrogen and oxygen atoms in total. The van der Waals surface area contributed by atoms with Crippen molar-refractivity contribution in [1.82, 2.24) is 5.32 Å². The number of carbonyl (C=O) groups excluding carboxylic acids is 1. The number of hydrogen-bond acceptors (Lipinski definition) is 4. The molecule has 0 unspecified atom stereocenters. The number of anilines is 1. The van der Waals surface area contributed by atoms with Gasteiger partial charge in [-0.15, -0.1) is 11.6 Å². The molecule has 0 aliphatic carbocycles. The highest BCUT2D eigenvalue weighted by atomic mass is 35.5. The zero-order valence-corrected chi connectivity index (χ0v) is 16.4. The number of amides is 2. The van der Waals surface area contributed by atoms with Crippen LogP contribution in [0.3, 0.4) is 0 Å². The monoisotopic (exact) mass is 396 g/mol. The van der Waals surface area contributed by atoms with Crippen molar-refractivity contribution >= 4 is 33.4 Å². The summed E-state index contributed by atoms with van der Waals surface area (Å²) in [5.41, 5.74) is 3.21. The molecule has 2 aromatic rings. The molecule has 2 rings (SSSR count). The van der Waals surface area contributed by atoms with Crippen LogP contribution in [0, 0.1) is 20.8 Å². The van der Waals surface area contributed by atoms with E-state index in [0.29, 0.717) is 23.9 Å². The van der Waals surface area contributed by atoms with Gasteiger partial charge in [0, 0.05) is 18.1 Å². The van der Waals surface area contributed by atoms with Gasteiger partial charge in [0.1, 0.15) is 10.6 Å². The minimum Gasteiger partial charge on any atom is -0.379 e. The van der Waals surface area contributed by atoms with Gasteiger partial charge >= 0.3 is 16.1 Å². The molecule has 0 heterocycles. The number of rotatable bonds is 6. The Morgan fingerprint density at radius 3 is 2.27 bits per heavy atom. The Kier molecular flexibility index (Phi) is 6.50. The van der Waals surface area contributed by atoms with Crippen LogP contribution >= 0.6 is 11.6 Å². The molecular formula is C18H21ClN2O4S. The van der Waals surface area contributed by atoms with Crippen LogP contribution in [0.1, 0.15) is 16.7 Å². The third-order valence-electron chi connectivity index (χ3n) is 3.77. The van der Waals surface area contributed by atoms with E-state index in [4.69, 9.17) is 15.8 Å². The maximum absolute atomic E-state index is 12.5. The highest BCUT2D eigenvalue weighted by molar-refractivity contribution is 7.87. The Hall–Kier alpha value is -2.25. The standard InChI is InChI=1S/C18H21ClN2O4S/c1-12-10-14(3)17(11-13(12)2)25-26(23,24)16-6-4-15(5-7-16)21-18(22)20-9-8-19/h4-7,10-11H,8-9H2,1-3H3,(H2,20,21,22). The molecule has 0 radical (unpaired) electrons. The molecule has 0 atom stereocenters. The lowest BCUT2D eigenvalue weighted by atomic mass is 10.1. The number of carbonyl (C=O) groups is 1. The molecule has 2 N–H and O–H groups in total. The first-order chi connectivity index (χ1) is 12.2. The van der Waals surface area contributed by atoms with Crippen molar-refractivity contribution in [3.63, 3.8) is 0 Å². The van der Waals surface area contributed by atoms with Crippen LogP contribution in [0.2, 0.25) is 0 Å². The number of aryl methyl sites for hydroxylation is 3. The SMILES string of the molecule is Cc1cc(C)c(OS(=O)(=O)c2ccc(NC(=O)NCCCl)cc2)cc1C. The van der Waals surface area contributed by atoms with Crippen LogP contribution in [0.15, 0.2) is 41.3 Å². The molecule has 0 bridgehead atoms. The van der Waals surface area contributed by atoms with Crippen molar-refractivity contribution in [2.24, 2.45) is 0 Å². The maximum Gasteiger partial charge on any atom is 0.339 e. The molecule has 0 aliphatic heterocycles. The number of benzene rings is 2. The average molecular weight is 397 g/mol. The normalized spacial score (nSPS) is 11.1. The van der Waals surface area contributed by atoms with Gasteiger partial charge in [0.25, 0.3) is 0 Å². The molecule has 2 amide bonds. The lowest BCUT2D eigenvalue weighted by molar-refractivity contribution is 0.252. The van der Waals surface area contributed by atoms with Gasteiger partial charge in [-0.3, -0.25) is 0 Å². The minimum absolute atomic E-state index is 0.00171. The zero-order valence-electron chi connectivity index (χ0n) is 14.8. The van der Waals surface area contributed by atoms with E-state index >= 15 is 0 Å². The van der Waals surface area contributed by atoms with Crippen molar-refractivity contribution in [3.8, 4) is 5.75 Å². The Morgan fingerprint density at radius 1 is 1.04 bits per heavy atom. The Morgan fingerprint density at radius 2 is 1.65 bits per heavy atom. The number of alkyl halides is 1. The van der Waals surface area contributed by atoms with E-state index in [1.807, 2.05) is 19.9 Å². The largest absolute Gasteiger partial charge is 0.379 e. The summed E-state index contributed by atoms with van der Waals surface area (Å²) < 4.78 is 30.3. The van der Waals surface area contributed by atoms with Crippen molar-refractivity contribution in [1.29, 1.82) is 0 Å². The molecule has 0 aromatic heterocycles. The summed E-state index contributed by atoms with van der Waals surface area (Å²) in [5, 5.41) is 5.13. The van der Waals surface area contributed by atoms with Crippen molar-refractivity contribution in [2.45, 2.75) is 25.7 Å². The predicted octanol–water partition coefficient (Wildman–Crippen LogP) is 3.74. The second kappa shape index (κ2) is 8.42. The summed E-state index contributed by atoms with van der Waals surface area (Å²) in [6.07, 6.45) is 0. The third-order valence-corrected chi connectivity index (χ3v) is 5.21. The minimum atomic E-state index is -3.97. The Labute approximate surface area is 158 Å². The van der Waals surface area contributed by atoms with E-state index in [9.17, 15) is 13.2 Å². The van der Waals surface area contributed by atoms with Crippen LogP contribution in [0.25, 0.3) is 0 Å². The summed E-state index contributed by atoms with van der Waals surface area (Å²) in [6, 6.07) is 8.91. The van der Waals surface area contributed by atoms with E-state index in [2.05, 4.69) is 10.6 Å². The average Bonchev–Trinajstić information content (AvgIpc) is 2.58. The topological polar surface area (TPSA) is 84.5 Å². The van der Waals surface area contributed by atoms with Gasteiger partial charge in [0.15, 0.2) is 0 Å².